The third-order valence-corrected chi connectivity index (χ3v) is 2.99. The van der Waals surface area contributed by atoms with Crippen LogP contribution < -0.4 is 5.32 Å². The number of hydrogen-bond donors (Lipinski definition) is 2. The normalized spacial score (nSPS) is 27.4. The summed E-state index contributed by atoms with van der Waals surface area (Å²) in [4.78, 5) is 22.5. The summed E-state index contributed by atoms with van der Waals surface area (Å²) >= 11 is 2.24. The van der Waals surface area contributed by atoms with Crippen molar-refractivity contribution in [1.29, 1.82) is 0 Å². The Morgan fingerprint density at radius 3 is 2.80 bits per heavy atom. The molecule has 3 atom stereocenters. The molecule has 2 unspecified atom stereocenters. The number of esters is 2. The molecule has 2 N–H and O–H groups in total. The standard InChI is InChI=1S/C9H14INO4/c1-5(12)2-8(13)15-9(14)7-3-6(10)4-11-7/h5-7,11-12H,2-4H2,1H3/t5?,6?,7-/m0/s1. The molecule has 0 aromatic rings. The lowest BCUT2D eigenvalue weighted by molar-refractivity contribution is -0.161. The van der Waals surface area contributed by atoms with Gasteiger partial charge in [0, 0.05) is 10.5 Å². The number of aliphatic hydroxyl groups is 1. The summed E-state index contributed by atoms with van der Waals surface area (Å²) < 4.78 is 4.99. The monoisotopic (exact) mass is 327 g/mol. The Kier molecular flexibility index (Phi) is 4.94. The summed E-state index contributed by atoms with van der Waals surface area (Å²) in [6.07, 6.45) is -0.243. The van der Waals surface area contributed by atoms with Crippen LogP contribution in [0.25, 0.3) is 0 Å². The molecule has 1 saturated heterocycles. The van der Waals surface area contributed by atoms with Gasteiger partial charge < -0.3 is 15.2 Å². The lowest BCUT2D eigenvalue weighted by atomic mass is 10.2. The minimum atomic E-state index is -0.779. The van der Waals surface area contributed by atoms with Crippen molar-refractivity contribution in [2.75, 3.05) is 6.54 Å². The lowest BCUT2D eigenvalue weighted by Gasteiger charge is -2.09. The molecule has 86 valence electrons. The summed E-state index contributed by atoms with van der Waals surface area (Å²) in [7, 11) is 0. The predicted molar refractivity (Wildman–Crippen MR) is 61.6 cm³/mol. The Hall–Kier alpha value is -0.210. The highest BCUT2D eigenvalue weighted by Crippen LogP contribution is 2.16. The maximum absolute atomic E-state index is 11.4. The number of aliphatic hydroxyl groups excluding tert-OH is 1. The van der Waals surface area contributed by atoms with Crippen LogP contribution >= 0.6 is 22.6 Å². The van der Waals surface area contributed by atoms with E-state index in [-0.39, 0.29) is 12.5 Å². The Morgan fingerprint density at radius 2 is 2.33 bits per heavy atom. The maximum atomic E-state index is 11.4. The second-order valence-electron chi connectivity index (χ2n) is 3.64. The van der Waals surface area contributed by atoms with E-state index in [4.69, 9.17) is 5.11 Å². The number of ether oxygens (including phenoxy) is 1. The van der Waals surface area contributed by atoms with Crippen molar-refractivity contribution in [3.8, 4) is 0 Å². The minimum absolute atomic E-state index is 0.147. The summed E-state index contributed by atoms with van der Waals surface area (Å²) in [5.41, 5.74) is 0. The number of carbonyl (C=O) groups excluding carboxylic acids is 2. The molecule has 0 amide bonds. The van der Waals surface area contributed by atoms with Crippen molar-refractivity contribution < 1.29 is 19.4 Å². The zero-order valence-corrected chi connectivity index (χ0v) is 10.6. The van der Waals surface area contributed by atoms with Gasteiger partial charge in [0.05, 0.1) is 12.5 Å². The highest BCUT2D eigenvalue weighted by Gasteiger charge is 2.30. The molecule has 1 aliphatic heterocycles. The van der Waals surface area contributed by atoms with Gasteiger partial charge in [-0.1, -0.05) is 22.6 Å². The fourth-order valence-corrected chi connectivity index (χ4v) is 2.10. The van der Waals surface area contributed by atoms with E-state index in [0.717, 1.165) is 6.54 Å². The van der Waals surface area contributed by atoms with Crippen LogP contribution in [0, 0.1) is 0 Å². The summed E-state index contributed by atoms with van der Waals surface area (Å²) in [5.74, 6) is -1.21. The van der Waals surface area contributed by atoms with Crippen LogP contribution in [0.3, 0.4) is 0 Å². The zero-order chi connectivity index (χ0) is 11.4. The van der Waals surface area contributed by atoms with E-state index in [1.54, 1.807) is 0 Å². The molecule has 0 aliphatic carbocycles. The van der Waals surface area contributed by atoms with Crippen molar-refractivity contribution in [3.05, 3.63) is 0 Å². The number of halogens is 1. The van der Waals surface area contributed by atoms with Gasteiger partial charge in [-0.2, -0.15) is 0 Å². The van der Waals surface area contributed by atoms with Gasteiger partial charge in [-0.15, -0.1) is 0 Å². The van der Waals surface area contributed by atoms with Crippen LogP contribution in [-0.2, 0) is 14.3 Å². The first-order chi connectivity index (χ1) is 6.99. The highest BCUT2D eigenvalue weighted by atomic mass is 127. The molecule has 0 spiro atoms. The fraction of sp³-hybridized carbons (Fsp3) is 0.778. The van der Waals surface area contributed by atoms with Gasteiger partial charge >= 0.3 is 11.9 Å². The van der Waals surface area contributed by atoms with Crippen molar-refractivity contribution in [1.82, 2.24) is 5.32 Å². The number of rotatable bonds is 3. The molecular formula is C9H14INO4. The smallest absolute Gasteiger partial charge is 0.330 e. The molecule has 1 aliphatic rings. The maximum Gasteiger partial charge on any atom is 0.330 e. The van der Waals surface area contributed by atoms with Gasteiger partial charge in [-0.05, 0) is 13.3 Å². The lowest BCUT2D eigenvalue weighted by Crippen LogP contribution is -2.34. The van der Waals surface area contributed by atoms with Crippen LogP contribution in [0.15, 0.2) is 0 Å². The van der Waals surface area contributed by atoms with E-state index in [2.05, 4.69) is 32.6 Å². The van der Waals surface area contributed by atoms with Crippen LogP contribution in [-0.4, -0.2) is 39.7 Å². The summed E-state index contributed by atoms with van der Waals surface area (Å²) in [6.45, 7) is 2.23. The average Bonchev–Trinajstić information content (AvgIpc) is 2.49. The van der Waals surface area contributed by atoms with Crippen LogP contribution in [0.2, 0.25) is 0 Å². The Balaban J connectivity index is 2.32. The van der Waals surface area contributed by atoms with Crippen molar-refractivity contribution in [3.63, 3.8) is 0 Å². The van der Waals surface area contributed by atoms with Gasteiger partial charge in [0.2, 0.25) is 0 Å². The Labute approximate surface area is 102 Å². The van der Waals surface area contributed by atoms with E-state index in [0.29, 0.717) is 10.3 Å². The molecule has 1 heterocycles. The molecule has 0 aromatic carbocycles. The van der Waals surface area contributed by atoms with Crippen molar-refractivity contribution in [2.45, 2.75) is 35.8 Å². The molecule has 0 bridgehead atoms. The SMILES string of the molecule is CC(O)CC(=O)OC(=O)[C@@H]1CC(I)CN1. The summed E-state index contributed by atoms with van der Waals surface area (Å²) in [5, 5.41) is 11.9. The van der Waals surface area contributed by atoms with Gasteiger partial charge in [-0.25, -0.2) is 4.79 Å². The van der Waals surface area contributed by atoms with Crippen molar-refractivity contribution >= 4 is 34.5 Å². The highest BCUT2D eigenvalue weighted by molar-refractivity contribution is 14.1. The fourth-order valence-electron chi connectivity index (χ4n) is 1.34. The van der Waals surface area contributed by atoms with Crippen LogP contribution in [0.1, 0.15) is 19.8 Å². The second-order valence-corrected chi connectivity index (χ2v) is 5.40. The quantitative estimate of drug-likeness (QED) is 0.330. The number of carbonyl (C=O) groups is 2. The van der Waals surface area contributed by atoms with Crippen molar-refractivity contribution in [2.24, 2.45) is 0 Å². The molecule has 0 radical (unpaired) electrons. The topological polar surface area (TPSA) is 75.6 Å². The first-order valence-electron chi connectivity index (χ1n) is 4.79. The largest absolute Gasteiger partial charge is 0.393 e. The first kappa shape index (κ1) is 12.9. The van der Waals surface area contributed by atoms with E-state index in [1.807, 2.05) is 0 Å². The van der Waals surface area contributed by atoms with Crippen LogP contribution in [0.4, 0.5) is 0 Å². The molecule has 0 saturated carbocycles. The minimum Gasteiger partial charge on any atom is -0.393 e. The molecule has 1 fully saturated rings. The predicted octanol–water partition coefficient (Wildman–Crippen LogP) is -0.00740. The third kappa shape index (κ3) is 4.43. The van der Waals surface area contributed by atoms with E-state index in [9.17, 15) is 9.59 Å². The number of hydrogen-bond acceptors (Lipinski definition) is 5. The van der Waals surface area contributed by atoms with E-state index >= 15 is 0 Å². The zero-order valence-electron chi connectivity index (χ0n) is 8.40. The molecule has 5 nitrogen and oxygen atoms in total. The van der Waals surface area contributed by atoms with E-state index in [1.165, 1.54) is 6.92 Å². The van der Waals surface area contributed by atoms with Gasteiger partial charge in [-0.3, -0.25) is 4.79 Å². The molecule has 0 aromatic heterocycles. The Bertz CT molecular complexity index is 256. The molecular weight excluding hydrogens is 313 g/mol. The first-order valence-corrected chi connectivity index (χ1v) is 6.03. The molecule has 15 heavy (non-hydrogen) atoms. The summed E-state index contributed by atoms with van der Waals surface area (Å²) in [6, 6.07) is -0.384. The average molecular weight is 327 g/mol. The van der Waals surface area contributed by atoms with Gasteiger partial charge in [0.15, 0.2) is 0 Å². The van der Waals surface area contributed by atoms with Gasteiger partial charge in [0.1, 0.15) is 6.04 Å². The number of nitrogens with one attached hydrogen (secondary N) is 1. The van der Waals surface area contributed by atoms with E-state index < -0.39 is 18.0 Å². The Morgan fingerprint density at radius 1 is 1.67 bits per heavy atom. The van der Waals surface area contributed by atoms with Gasteiger partial charge in [0.25, 0.3) is 0 Å². The number of alkyl halides is 1. The second kappa shape index (κ2) is 5.76. The van der Waals surface area contributed by atoms with Crippen LogP contribution in [0.5, 0.6) is 0 Å². The molecule has 6 heteroatoms. The third-order valence-electron chi connectivity index (χ3n) is 2.04. The molecule has 1 rings (SSSR count).